The number of hydrogen-bond acceptors (Lipinski definition) is 9. The van der Waals surface area contributed by atoms with Gasteiger partial charge in [0.05, 0.1) is 22.6 Å². The summed E-state index contributed by atoms with van der Waals surface area (Å²) in [6.45, 7) is 7.01. The van der Waals surface area contributed by atoms with Crippen LogP contribution in [0.4, 0.5) is 21.6 Å². The minimum absolute atomic E-state index is 0.0436. The zero-order chi connectivity index (χ0) is 32.4. The highest BCUT2D eigenvalue weighted by Crippen LogP contribution is 2.31. The standard InChI is InChI=1S/C31H35Cl2FN8O3S/c1-2-23-19-41(13-14-42(23)24-9-11-40(12-10-24)18-20-7-8-21(32)15-26(20)34)31-25(33)16-22(17-35-31)36-29-30(39-46(44,45)38-29)37-27-5-3-4-6-28(27)43/h3-8,15-17,23-24,43H,2,9-14,18-19H2,1H3,(H,36,38)(H,37,39)/t23-/m0/s1. The molecular formula is C31H35Cl2FN8O3S. The lowest BCUT2D eigenvalue weighted by Crippen LogP contribution is -2.58. The number of amidine groups is 2. The molecule has 0 saturated carbocycles. The van der Waals surface area contributed by atoms with Crippen molar-refractivity contribution in [1.82, 2.24) is 14.8 Å². The van der Waals surface area contributed by atoms with Crippen LogP contribution in [0.2, 0.25) is 10.0 Å². The van der Waals surface area contributed by atoms with Gasteiger partial charge in [-0.05, 0) is 62.7 Å². The number of anilines is 3. The molecule has 3 N–H and O–H groups in total. The highest BCUT2D eigenvalue weighted by atomic mass is 35.5. The van der Waals surface area contributed by atoms with Crippen LogP contribution in [0.15, 0.2) is 63.5 Å². The van der Waals surface area contributed by atoms with Gasteiger partial charge in [-0.15, -0.1) is 8.80 Å². The predicted octanol–water partition coefficient (Wildman–Crippen LogP) is 5.38. The van der Waals surface area contributed by atoms with Crippen molar-refractivity contribution in [3.63, 3.8) is 0 Å². The Kier molecular flexibility index (Phi) is 9.67. The second-order valence-electron chi connectivity index (χ2n) is 11.6. The zero-order valence-corrected chi connectivity index (χ0v) is 27.5. The number of piperidine rings is 1. The number of nitrogens with zero attached hydrogens (tertiary/aromatic N) is 6. The number of halogens is 3. The minimum atomic E-state index is -4.10. The maximum Gasteiger partial charge on any atom is 0.367 e. The number of likely N-dealkylation sites (tertiary alicyclic amines) is 1. The van der Waals surface area contributed by atoms with E-state index < -0.39 is 10.2 Å². The van der Waals surface area contributed by atoms with Crippen LogP contribution in [0.1, 0.15) is 31.7 Å². The van der Waals surface area contributed by atoms with Crippen LogP contribution in [0, 0.1) is 5.82 Å². The topological polar surface area (TPSA) is 126 Å². The van der Waals surface area contributed by atoms with Gasteiger partial charge in [0.15, 0.2) is 11.7 Å². The minimum Gasteiger partial charge on any atom is -0.506 e. The Morgan fingerprint density at radius 2 is 1.74 bits per heavy atom. The lowest BCUT2D eigenvalue weighted by Gasteiger charge is -2.47. The molecule has 1 aromatic heterocycles. The third-order valence-electron chi connectivity index (χ3n) is 8.61. The summed E-state index contributed by atoms with van der Waals surface area (Å²) in [5, 5.41) is 16.7. The van der Waals surface area contributed by atoms with E-state index in [-0.39, 0.29) is 28.9 Å². The maximum absolute atomic E-state index is 14.3. The number of pyridine rings is 1. The van der Waals surface area contributed by atoms with Gasteiger partial charge in [0.1, 0.15) is 17.4 Å². The fraction of sp³-hybridized carbons (Fsp3) is 0.387. The summed E-state index contributed by atoms with van der Waals surface area (Å²) in [7, 11) is -4.10. The summed E-state index contributed by atoms with van der Waals surface area (Å²) in [5.74, 6) is 0.231. The molecule has 46 heavy (non-hydrogen) atoms. The van der Waals surface area contributed by atoms with Gasteiger partial charge in [-0.3, -0.25) is 9.80 Å². The smallest absolute Gasteiger partial charge is 0.367 e. The quantitative estimate of drug-likeness (QED) is 0.281. The number of nitrogens with one attached hydrogen (secondary N) is 2. The van der Waals surface area contributed by atoms with E-state index in [0.29, 0.717) is 45.7 Å². The van der Waals surface area contributed by atoms with Crippen molar-refractivity contribution >= 4 is 62.3 Å². The molecule has 3 aliphatic rings. The van der Waals surface area contributed by atoms with Gasteiger partial charge in [-0.1, -0.05) is 48.3 Å². The molecule has 11 nitrogen and oxygen atoms in total. The van der Waals surface area contributed by atoms with E-state index in [4.69, 9.17) is 23.2 Å². The molecule has 15 heteroatoms. The first-order valence-electron chi connectivity index (χ1n) is 15.2. The van der Waals surface area contributed by atoms with Gasteiger partial charge in [-0.25, -0.2) is 9.37 Å². The van der Waals surface area contributed by atoms with Gasteiger partial charge in [0.2, 0.25) is 0 Å². The third kappa shape index (κ3) is 7.39. The molecule has 0 radical (unpaired) electrons. The Bertz CT molecular complexity index is 1770. The molecule has 1 atom stereocenters. The Labute approximate surface area is 277 Å². The first-order chi connectivity index (χ1) is 22.1. The molecule has 2 fully saturated rings. The molecule has 3 aliphatic heterocycles. The van der Waals surface area contributed by atoms with Crippen molar-refractivity contribution in [1.29, 1.82) is 0 Å². The summed E-state index contributed by atoms with van der Waals surface area (Å²) in [6.07, 6.45) is 4.60. The Hall–Kier alpha value is -3.49. The van der Waals surface area contributed by atoms with Crippen LogP contribution in [-0.4, -0.2) is 84.8 Å². The highest BCUT2D eigenvalue weighted by molar-refractivity contribution is 7.89. The molecule has 0 bridgehead atoms. The van der Waals surface area contributed by atoms with Gasteiger partial charge in [0, 0.05) is 48.8 Å². The molecule has 2 aromatic carbocycles. The Balaban J connectivity index is 1.06. The number of phenolic OH excluding ortho intramolecular Hbond substituents is 1. The van der Waals surface area contributed by atoms with Crippen molar-refractivity contribution in [3.05, 3.63) is 76.2 Å². The molecule has 4 heterocycles. The fourth-order valence-electron chi connectivity index (χ4n) is 6.28. The van der Waals surface area contributed by atoms with Crippen molar-refractivity contribution in [2.24, 2.45) is 8.80 Å². The largest absolute Gasteiger partial charge is 0.506 e. The van der Waals surface area contributed by atoms with Crippen LogP contribution in [0.3, 0.4) is 0 Å². The summed E-state index contributed by atoms with van der Waals surface area (Å²) >= 11 is 12.7. The average molecular weight is 690 g/mol. The number of hydrogen-bond donors (Lipinski definition) is 3. The van der Waals surface area contributed by atoms with E-state index >= 15 is 0 Å². The van der Waals surface area contributed by atoms with Gasteiger partial charge < -0.3 is 20.6 Å². The molecule has 0 spiro atoms. The van der Waals surface area contributed by atoms with Crippen LogP contribution in [0.5, 0.6) is 5.75 Å². The lowest BCUT2D eigenvalue weighted by molar-refractivity contribution is 0.0607. The predicted molar refractivity (Wildman–Crippen MR) is 181 cm³/mol. The van der Waals surface area contributed by atoms with E-state index in [9.17, 15) is 17.9 Å². The third-order valence-corrected chi connectivity index (χ3v) is 9.95. The highest BCUT2D eigenvalue weighted by Gasteiger charge is 2.34. The molecule has 3 aromatic rings. The van der Waals surface area contributed by atoms with Gasteiger partial charge >= 0.3 is 10.2 Å². The first-order valence-corrected chi connectivity index (χ1v) is 17.3. The number of aromatic hydroxyl groups is 1. The SMILES string of the molecule is CC[C@H]1CN(c2ncc(NC3=NS(=O)(=O)N=C3Nc3ccccc3O)cc2Cl)CCN1C1CCN(Cc2ccc(Cl)cc2F)CC1. The van der Waals surface area contributed by atoms with Gasteiger partial charge in [0.25, 0.3) is 0 Å². The molecular weight excluding hydrogens is 654 g/mol. The summed E-state index contributed by atoms with van der Waals surface area (Å²) in [5.41, 5.74) is 1.39. The summed E-state index contributed by atoms with van der Waals surface area (Å²) in [6, 6.07) is 13.7. The number of piperazine rings is 1. The molecule has 0 unspecified atom stereocenters. The van der Waals surface area contributed by atoms with E-state index in [1.807, 2.05) is 0 Å². The number of aromatic nitrogens is 1. The van der Waals surface area contributed by atoms with Gasteiger partial charge in [-0.2, -0.15) is 8.42 Å². The van der Waals surface area contributed by atoms with Crippen molar-refractivity contribution in [2.45, 2.75) is 44.8 Å². The number of phenols is 1. The number of rotatable bonds is 7. The zero-order valence-electron chi connectivity index (χ0n) is 25.2. The van der Waals surface area contributed by atoms with Crippen molar-refractivity contribution < 1.29 is 17.9 Å². The van der Waals surface area contributed by atoms with Crippen molar-refractivity contribution in [2.75, 3.05) is 48.3 Å². The summed E-state index contributed by atoms with van der Waals surface area (Å²) in [4.78, 5) is 11.7. The first kappa shape index (κ1) is 32.5. The van der Waals surface area contributed by atoms with E-state index in [0.717, 1.165) is 52.0 Å². The number of para-hydroxylation sites is 2. The van der Waals surface area contributed by atoms with Crippen molar-refractivity contribution in [3.8, 4) is 5.75 Å². The Morgan fingerprint density at radius 1 is 1.00 bits per heavy atom. The van der Waals surface area contributed by atoms with E-state index in [1.165, 1.54) is 12.1 Å². The Morgan fingerprint density at radius 3 is 2.43 bits per heavy atom. The molecule has 2 saturated heterocycles. The monoisotopic (exact) mass is 688 g/mol. The lowest BCUT2D eigenvalue weighted by atomic mass is 9.97. The summed E-state index contributed by atoms with van der Waals surface area (Å²) < 4.78 is 46.0. The molecule has 244 valence electrons. The van der Waals surface area contributed by atoms with Crippen LogP contribution >= 0.6 is 23.2 Å². The van der Waals surface area contributed by atoms with Crippen LogP contribution in [-0.2, 0) is 16.8 Å². The number of benzene rings is 2. The van der Waals surface area contributed by atoms with E-state index in [2.05, 4.69) is 46.0 Å². The fourth-order valence-corrected chi connectivity index (χ4v) is 7.49. The van der Waals surface area contributed by atoms with Crippen LogP contribution < -0.4 is 15.5 Å². The second-order valence-corrected chi connectivity index (χ2v) is 13.7. The molecule has 6 rings (SSSR count). The second kappa shape index (κ2) is 13.7. The maximum atomic E-state index is 14.3. The van der Waals surface area contributed by atoms with Crippen LogP contribution in [0.25, 0.3) is 0 Å². The normalized spacial score (nSPS) is 20.8. The average Bonchev–Trinajstić information content (AvgIpc) is 3.31. The molecule has 0 aliphatic carbocycles. The molecule has 0 amide bonds. The van der Waals surface area contributed by atoms with E-state index in [1.54, 1.807) is 42.6 Å².